The van der Waals surface area contributed by atoms with Crippen LogP contribution in [0.4, 0.5) is 4.79 Å². The van der Waals surface area contributed by atoms with Crippen molar-refractivity contribution in [2.45, 2.75) is 38.1 Å². The van der Waals surface area contributed by atoms with Gasteiger partial charge in [0.25, 0.3) is 0 Å². The molecule has 0 heterocycles. The number of carbonyl (C=O) groups is 1. The second-order valence-corrected chi connectivity index (χ2v) is 6.24. The molecule has 1 saturated carbocycles. The Bertz CT molecular complexity index is 632. The van der Waals surface area contributed by atoms with Crippen LogP contribution in [-0.2, 0) is 0 Å². The van der Waals surface area contributed by atoms with Crippen LogP contribution < -0.4 is 10.6 Å². The summed E-state index contributed by atoms with van der Waals surface area (Å²) >= 11 is 0. The standard InChI is InChI=1S/C21H24N2O/c24-21(22-16-17-10-4-1-5-11-17)23-20(18-12-6-2-7-13-18)19-14-8-3-9-15-19/h2-3,6-9,12-16,20H,1,4-5,10-11H2,(H2,22,23,24). The number of hydrogen-bond donors (Lipinski definition) is 2. The van der Waals surface area contributed by atoms with E-state index in [0.717, 1.165) is 24.0 Å². The average molecular weight is 320 g/mol. The van der Waals surface area contributed by atoms with Crippen molar-refractivity contribution < 1.29 is 4.79 Å². The van der Waals surface area contributed by atoms with Gasteiger partial charge in [-0.1, -0.05) is 72.7 Å². The molecule has 1 fully saturated rings. The first-order valence-electron chi connectivity index (χ1n) is 8.68. The zero-order valence-electron chi connectivity index (χ0n) is 13.9. The summed E-state index contributed by atoms with van der Waals surface area (Å²) in [5, 5.41) is 6.00. The number of urea groups is 1. The number of amides is 2. The zero-order valence-corrected chi connectivity index (χ0v) is 13.9. The first kappa shape index (κ1) is 16.3. The van der Waals surface area contributed by atoms with E-state index < -0.39 is 0 Å². The van der Waals surface area contributed by atoms with Crippen molar-refractivity contribution in [1.29, 1.82) is 0 Å². The van der Waals surface area contributed by atoms with Gasteiger partial charge in [0.05, 0.1) is 6.04 Å². The molecule has 0 bridgehead atoms. The molecule has 3 rings (SSSR count). The van der Waals surface area contributed by atoms with Crippen molar-refractivity contribution in [3.63, 3.8) is 0 Å². The van der Waals surface area contributed by atoms with Crippen LogP contribution in [0.5, 0.6) is 0 Å². The number of rotatable bonds is 4. The van der Waals surface area contributed by atoms with Gasteiger partial charge < -0.3 is 10.6 Å². The van der Waals surface area contributed by atoms with Crippen LogP contribution >= 0.6 is 0 Å². The molecular formula is C21H24N2O. The molecule has 0 aromatic heterocycles. The fourth-order valence-corrected chi connectivity index (χ4v) is 3.14. The van der Waals surface area contributed by atoms with Gasteiger partial charge in [0.2, 0.25) is 0 Å². The van der Waals surface area contributed by atoms with Crippen LogP contribution in [0.2, 0.25) is 0 Å². The van der Waals surface area contributed by atoms with Crippen molar-refractivity contribution in [1.82, 2.24) is 10.6 Å². The topological polar surface area (TPSA) is 41.1 Å². The van der Waals surface area contributed by atoms with E-state index in [1.807, 2.05) is 66.9 Å². The SMILES string of the molecule is O=C(NC=C1CCCCC1)NC(c1ccccc1)c1ccccc1. The third-order valence-electron chi connectivity index (χ3n) is 4.44. The lowest BCUT2D eigenvalue weighted by atomic mass is 9.96. The molecule has 2 aromatic carbocycles. The molecule has 0 radical (unpaired) electrons. The number of allylic oxidation sites excluding steroid dienone is 1. The number of benzene rings is 2. The van der Waals surface area contributed by atoms with Crippen molar-refractivity contribution in [2.24, 2.45) is 0 Å². The molecule has 1 aliphatic carbocycles. The van der Waals surface area contributed by atoms with Gasteiger partial charge in [-0.15, -0.1) is 0 Å². The quantitative estimate of drug-likeness (QED) is 0.824. The highest BCUT2D eigenvalue weighted by Gasteiger charge is 2.16. The van der Waals surface area contributed by atoms with E-state index in [9.17, 15) is 4.79 Å². The molecule has 0 unspecified atom stereocenters. The normalized spacial score (nSPS) is 14.3. The average Bonchev–Trinajstić information content (AvgIpc) is 2.67. The molecule has 2 amide bonds. The third kappa shape index (κ3) is 4.48. The van der Waals surface area contributed by atoms with Crippen LogP contribution in [0, 0.1) is 0 Å². The molecule has 24 heavy (non-hydrogen) atoms. The first-order chi connectivity index (χ1) is 11.8. The molecular weight excluding hydrogens is 296 g/mol. The minimum atomic E-state index is -0.161. The van der Waals surface area contributed by atoms with Crippen LogP contribution in [0.25, 0.3) is 0 Å². The Labute approximate surface area is 143 Å². The lowest BCUT2D eigenvalue weighted by Crippen LogP contribution is -2.36. The molecule has 2 N–H and O–H groups in total. The summed E-state index contributed by atoms with van der Waals surface area (Å²) in [4.78, 5) is 12.4. The summed E-state index contributed by atoms with van der Waals surface area (Å²) < 4.78 is 0. The molecule has 2 aromatic rings. The summed E-state index contributed by atoms with van der Waals surface area (Å²) in [6.45, 7) is 0. The predicted molar refractivity (Wildman–Crippen MR) is 97.6 cm³/mol. The Morgan fingerprint density at radius 1 is 0.833 bits per heavy atom. The summed E-state index contributed by atoms with van der Waals surface area (Å²) in [6, 6.07) is 19.8. The van der Waals surface area contributed by atoms with E-state index >= 15 is 0 Å². The Hall–Kier alpha value is -2.55. The highest BCUT2D eigenvalue weighted by Crippen LogP contribution is 2.23. The highest BCUT2D eigenvalue weighted by molar-refractivity contribution is 5.76. The number of carbonyl (C=O) groups excluding carboxylic acids is 1. The maximum Gasteiger partial charge on any atom is 0.319 e. The molecule has 1 aliphatic rings. The lowest BCUT2D eigenvalue weighted by molar-refractivity contribution is 0.242. The van der Waals surface area contributed by atoms with Gasteiger partial charge in [-0.25, -0.2) is 4.79 Å². The third-order valence-corrected chi connectivity index (χ3v) is 4.44. The van der Waals surface area contributed by atoms with E-state index in [2.05, 4.69) is 10.6 Å². The van der Waals surface area contributed by atoms with E-state index in [4.69, 9.17) is 0 Å². The first-order valence-corrected chi connectivity index (χ1v) is 8.68. The lowest BCUT2D eigenvalue weighted by Gasteiger charge is -2.20. The van der Waals surface area contributed by atoms with Gasteiger partial charge in [0.15, 0.2) is 0 Å². The predicted octanol–water partition coefficient (Wildman–Crippen LogP) is 4.92. The van der Waals surface area contributed by atoms with Crippen molar-refractivity contribution in [3.8, 4) is 0 Å². The van der Waals surface area contributed by atoms with Crippen molar-refractivity contribution in [3.05, 3.63) is 83.6 Å². The molecule has 124 valence electrons. The summed E-state index contributed by atoms with van der Waals surface area (Å²) in [5.74, 6) is 0. The monoisotopic (exact) mass is 320 g/mol. The fraction of sp³-hybridized carbons (Fsp3) is 0.286. The van der Waals surface area contributed by atoms with Gasteiger partial charge in [-0.2, -0.15) is 0 Å². The molecule has 3 nitrogen and oxygen atoms in total. The van der Waals surface area contributed by atoms with E-state index in [1.54, 1.807) is 0 Å². The molecule has 3 heteroatoms. The maximum atomic E-state index is 12.4. The molecule has 0 spiro atoms. The molecule has 0 saturated heterocycles. The summed E-state index contributed by atoms with van der Waals surface area (Å²) in [5.41, 5.74) is 3.49. The summed E-state index contributed by atoms with van der Waals surface area (Å²) in [6.07, 6.45) is 7.84. The van der Waals surface area contributed by atoms with Crippen LogP contribution in [0.1, 0.15) is 49.3 Å². The second kappa shape index (κ2) is 8.34. The fourth-order valence-electron chi connectivity index (χ4n) is 3.14. The number of nitrogens with one attached hydrogen (secondary N) is 2. The zero-order chi connectivity index (χ0) is 16.6. The van der Waals surface area contributed by atoms with E-state index in [0.29, 0.717) is 0 Å². The van der Waals surface area contributed by atoms with Crippen molar-refractivity contribution in [2.75, 3.05) is 0 Å². The largest absolute Gasteiger partial charge is 0.327 e. The Morgan fingerprint density at radius 2 is 1.38 bits per heavy atom. The molecule has 0 aliphatic heterocycles. The summed E-state index contributed by atoms with van der Waals surface area (Å²) in [7, 11) is 0. The van der Waals surface area contributed by atoms with Crippen molar-refractivity contribution >= 4 is 6.03 Å². The van der Waals surface area contributed by atoms with Gasteiger partial charge in [-0.3, -0.25) is 0 Å². The Kier molecular flexibility index (Phi) is 5.67. The van der Waals surface area contributed by atoms with Gasteiger partial charge in [0.1, 0.15) is 0 Å². The van der Waals surface area contributed by atoms with E-state index in [1.165, 1.54) is 24.8 Å². The van der Waals surface area contributed by atoms with Crippen LogP contribution in [-0.4, -0.2) is 6.03 Å². The Balaban J connectivity index is 1.71. The Morgan fingerprint density at radius 3 is 1.92 bits per heavy atom. The van der Waals surface area contributed by atoms with Crippen LogP contribution in [0.15, 0.2) is 72.4 Å². The smallest absolute Gasteiger partial charge is 0.319 e. The van der Waals surface area contributed by atoms with Crippen LogP contribution in [0.3, 0.4) is 0 Å². The highest BCUT2D eigenvalue weighted by atomic mass is 16.2. The van der Waals surface area contributed by atoms with Gasteiger partial charge in [0, 0.05) is 6.20 Å². The number of hydrogen-bond acceptors (Lipinski definition) is 1. The second-order valence-electron chi connectivity index (χ2n) is 6.24. The van der Waals surface area contributed by atoms with Gasteiger partial charge in [-0.05, 0) is 36.8 Å². The van der Waals surface area contributed by atoms with Gasteiger partial charge >= 0.3 is 6.03 Å². The minimum Gasteiger partial charge on any atom is -0.327 e. The maximum absolute atomic E-state index is 12.4. The van der Waals surface area contributed by atoms with E-state index in [-0.39, 0.29) is 12.1 Å². The molecule has 0 atom stereocenters. The minimum absolute atomic E-state index is 0.155.